The number of hydrogen-bond acceptors (Lipinski definition) is 20. The molecule has 23 atom stereocenters. The molecule has 0 amide bonds. The van der Waals surface area contributed by atoms with Gasteiger partial charge in [0.15, 0.2) is 25.0 Å². The molecule has 3 saturated heterocycles. The predicted molar refractivity (Wildman–Crippen MR) is 207 cm³/mol. The maximum Gasteiger partial charge on any atom is 0.346 e. The van der Waals surface area contributed by atoms with Crippen LogP contribution in [0.25, 0.3) is 0 Å². The third-order valence-electron chi connectivity index (χ3n) is 15.7. The lowest BCUT2D eigenvalue weighted by Gasteiger charge is -2.57. The lowest BCUT2D eigenvalue weighted by Crippen LogP contribution is -2.68. The van der Waals surface area contributed by atoms with E-state index < -0.39 is 141 Å². The Balaban J connectivity index is 1.19. The summed E-state index contributed by atoms with van der Waals surface area (Å²) in [5.41, 5.74) is -1.48. The van der Waals surface area contributed by atoms with Gasteiger partial charge in [-0.2, -0.15) is 0 Å². The van der Waals surface area contributed by atoms with E-state index in [0.29, 0.717) is 38.5 Å². The van der Waals surface area contributed by atoms with Crippen LogP contribution in [0.2, 0.25) is 0 Å². The molecular formula is C42H66O20. The molecule has 7 rings (SSSR count). The Labute approximate surface area is 359 Å². The van der Waals surface area contributed by atoms with Crippen molar-refractivity contribution in [1.82, 2.24) is 0 Å². The first-order valence-electron chi connectivity index (χ1n) is 21.8. The summed E-state index contributed by atoms with van der Waals surface area (Å²) in [6.45, 7) is 7.96. The van der Waals surface area contributed by atoms with Gasteiger partial charge in [0, 0.05) is 0 Å². The number of rotatable bonds is 12. The summed E-state index contributed by atoms with van der Waals surface area (Å²) in [6, 6.07) is 0. The van der Waals surface area contributed by atoms with Crippen LogP contribution in [0.5, 0.6) is 0 Å². The summed E-state index contributed by atoms with van der Waals surface area (Å²) in [7, 11) is 1.24. The zero-order chi connectivity index (χ0) is 45.2. The van der Waals surface area contributed by atoms with Crippen molar-refractivity contribution in [2.45, 2.75) is 176 Å². The second-order valence-corrected chi connectivity index (χ2v) is 19.1. The molecule has 3 heterocycles. The van der Waals surface area contributed by atoms with Gasteiger partial charge in [-0.25, -0.2) is 4.79 Å². The van der Waals surface area contributed by atoms with Crippen molar-refractivity contribution >= 4 is 11.9 Å². The molecule has 4 aliphatic carbocycles. The summed E-state index contributed by atoms with van der Waals surface area (Å²) >= 11 is 0. The smallest absolute Gasteiger partial charge is 0.346 e. The molecule has 2 unspecified atom stereocenters. The molecule has 354 valence electrons. The van der Waals surface area contributed by atoms with E-state index in [9.17, 15) is 60.7 Å². The van der Waals surface area contributed by atoms with Crippen molar-refractivity contribution in [1.29, 1.82) is 0 Å². The van der Waals surface area contributed by atoms with E-state index in [2.05, 4.69) is 13.5 Å². The van der Waals surface area contributed by atoms with Crippen molar-refractivity contribution in [2.75, 3.05) is 26.9 Å². The first-order valence-corrected chi connectivity index (χ1v) is 21.8. The molecule has 62 heavy (non-hydrogen) atoms. The molecule has 2 bridgehead atoms. The van der Waals surface area contributed by atoms with Gasteiger partial charge in [-0.1, -0.05) is 19.9 Å². The van der Waals surface area contributed by atoms with E-state index in [1.165, 1.54) is 14.0 Å². The molecule has 20 nitrogen and oxygen atoms in total. The molecular weight excluding hydrogens is 824 g/mol. The van der Waals surface area contributed by atoms with Gasteiger partial charge in [-0.15, -0.1) is 0 Å². The molecule has 7 aliphatic rings. The van der Waals surface area contributed by atoms with E-state index in [0.717, 1.165) is 18.4 Å². The molecule has 20 heteroatoms. The summed E-state index contributed by atoms with van der Waals surface area (Å²) < 4.78 is 47.4. The Hall–Kier alpha value is -1.96. The molecule has 0 aromatic heterocycles. The molecule has 0 spiro atoms. The molecule has 0 aromatic rings. The molecule has 0 aromatic carbocycles. The Morgan fingerprint density at radius 3 is 1.84 bits per heavy atom. The summed E-state index contributed by atoms with van der Waals surface area (Å²) in [4.78, 5) is 26.2. The average molecular weight is 891 g/mol. The van der Waals surface area contributed by atoms with Crippen molar-refractivity contribution in [3.8, 4) is 0 Å². The van der Waals surface area contributed by atoms with Crippen LogP contribution >= 0.6 is 0 Å². The molecule has 10 N–H and O–H groups in total. The monoisotopic (exact) mass is 890 g/mol. The standard InChI is InChI=1S/C42H66O20/c1-17-25-19-7-8-24-40(3,10-6-11-41(24,4)39(54)56-18(2)35(53)55-5)20(25)9-12-42(17,13-19)62-38-34(61-37-32(52)30(50)27(47)22(15-44)58-37)33(28(48)23(16-45)59-38)60-36-31(51)29(49)26(46)21(14-43)57-36/h18-34,36-38,43-52H,1,6-16H2,2-5H3/t18?,19-,20-,21-,22-,23-,24+,25?,26-,27-,28-,29+,30+,31-,32-,33+,34-,36+,37+,38+,40+,41-,42+/m1/s1. The van der Waals surface area contributed by atoms with Gasteiger partial charge in [0.1, 0.15) is 73.2 Å². The van der Waals surface area contributed by atoms with E-state index in [4.69, 9.17) is 37.9 Å². The lowest BCUT2D eigenvalue weighted by molar-refractivity contribution is -0.399. The number of fused-ring (bicyclic) bond motifs is 3. The van der Waals surface area contributed by atoms with Crippen LogP contribution in [-0.2, 0) is 47.5 Å². The number of esters is 2. The van der Waals surface area contributed by atoms with Gasteiger partial charge >= 0.3 is 11.9 Å². The first kappa shape index (κ1) is 48.0. The topological polar surface area (TPSA) is 310 Å². The number of aliphatic hydroxyl groups is 10. The van der Waals surface area contributed by atoms with Gasteiger partial charge in [0.05, 0.1) is 37.9 Å². The fourth-order valence-electron chi connectivity index (χ4n) is 12.3. The minimum atomic E-state index is -1.93. The number of aliphatic hydroxyl groups excluding tert-OH is 10. The summed E-state index contributed by atoms with van der Waals surface area (Å²) in [5, 5.41) is 106. The van der Waals surface area contributed by atoms with Crippen LogP contribution in [0.15, 0.2) is 12.2 Å². The van der Waals surface area contributed by atoms with E-state index in [1.54, 1.807) is 0 Å². The normalized spacial score (nSPS) is 50.9. The highest BCUT2D eigenvalue weighted by Gasteiger charge is 2.67. The van der Waals surface area contributed by atoms with Gasteiger partial charge in [0.2, 0.25) is 0 Å². The number of methoxy groups -OCH3 is 1. The van der Waals surface area contributed by atoms with Crippen molar-refractivity contribution in [3.63, 3.8) is 0 Å². The largest absolute Gasteiger partial charge is 0.466 e. The Morgan fingerprint density at radius 1 is 0.726 bits per heavy atom. The minimum Gasteiger partial charge on any atom is -0.466 e. The average Bonchev–Trinajstić information content (AvgIpc) is 3.34. The first-order chi connectivity index (χ1) is 29.3. The summed E-state index contributed by atoms with van der Waals surface area (Å²) in [5.74, 6) is -1.06. The van der Waals surface area contributed by atoms with Crippen LogP contribution in [0, 0.1) is 34.5 Å². The molecule has 7 fully saturated rings. The third-order valence-corrected chi connectivity index (χ3v) is 15.7. The van der Waals surface area contributed by atoms with E-state index in [-0.39, 0.29) is 29.1 Å². The fraction of sp³-hybridized carbons (Fsp3) is 0.905. The van der Waals surface area contributed by atoms with Gasteiger partial charge in [0.25, 0.3) is 0 Å². The van der Waals surface area contributed by atoms with Crippen LogP contribution < -0.4 is 0 Å². The lowest BCUT2D eigenvalue weighted by atomic mass is 9.48. The third kappa shape index (κ3) is 8.06. The van der Waals surface area contributed by atoms with Crippen LogP contribution in [0.1, 0.15) is 72.1 Å². The highest BCUT2D eigenvalue weighted by Crippen LogP contribution is 2.69. The predicted octanol–water partition coefficient (Wildman–Crippen LogP) is -2.50. The SMILES string of the molecule is C=C1C2[C@@H]3CC[C@H]4[C@@](C)(CCC[C@@]4(C)C(=O)OC(C)C(=O)OC)[C@@H]2CC[C@]1(O[C@@H]1O[C@H](CO)[C@@H](O)[C@H](O[C@@H]2O[C@H](CO)[C@@H](O)[C@H](O)[C@H]2O)[C@H]1O[C@@H]1O[C@H](CO)[C@@H](O)[C@H](O)[C@H]1O)C3. The number of carbonyl (C=O) groups excluding carboxylic acids is 2. The summed E-state index contributed by atoms with van der Waals surface area (Å²) in [6.07, 6.45) is -21.5. The molecule has 3 aliphatic heterocycles. The van der Waals surface area contributed by atoms with E-state index in [1.807, 2.05) is 6.92 Å². The Morgan fingerprint density at radius 2 is 1.27 bits per heavy atom. The van der Waals surface area contributed by atoms with Gasteiger partial charge in [-0.3, -0.25) is 4.79 Å². The quantitative estimate of drug-likeness (QED) is 0.0716. The Kier molecular flexibility index (Phi) is 14.2. The number of hydrogen-bond donors (Lipinski definition) is 10. The zero-order valence-electron chi connectivity index (χ0n) is 35.6. The number of carbonyl (C=O) groups is 2. The fourth-order valence-corrected chi connectivity index (χ4v) is 12.3. The van der Waals surface area contributed by atoms with Crippen molar-refractivity contribution < 1.29 is 98.5 Å². The maximum absolute atomic E-state index is 14.0. The van der Waals surface area contributed by atoms with Gasteiger partial charge < -0.3 is 89.0 Å². The van der Waals surface area contributed by atoms with Gasteiger partial charge in [-0.05, 0) is 93.5 Å². The highest BCUT2D eigenvalue weighted by molar-refractivity contribution is 5.82. The van der Waals surface area contributed by atoms with Crippen LogP contribution in [0.3, 0.4) is 0 Å². The maximum atomic E-state index is 14.0. The highest BCUT2D eigenvalue weighted by atomic mass is 16.8. The Bertz CT molecular complexity index is 1610. The molecule has 4 saturated carbocycles. The second-order valence-electron chi connectivity index (χ2n) is 19.1. The van der Waals surface area contributed by atoms with Crippen molar-refractivity contribution in [3.05, 3.63) is 12.2 Å². The van der Waals surface area contributed by atoms with Crippen molar-refractivity contribution in [2.24, 2.45) is 34.5 Å². The van der Waals surface area contributed by atoms with E-state index >= 15 is 0 Å². The minimum absolute atomic E-state index is 0.0421. The van der Waals surface area contributed by atoms with Crippen LogP contribution in [-0.4, -0.2) is 194 Å². The number of ether oxygens (including phenoxy) is 8. The molecule has 0 radical (unpaired) electrons. The zero-order valence-corrected chi connectivity index (χ0v) is 35.6. The second kappa shape index (κ2) is 18.4. The van der Waals surface area contributed by atoms with Crippen LogP contribution in [0.4, 0.5) is 0 Å².